The van der Waals surface area contributed by atoms with E-state index < -0.39 is 11.8 Å². The van der Waals surface area contributed by atoms with Crippen LogP contribution in [0.2, 0.25) is 5.02 Å². The first-order valence-electron chi connectivity index (χ1n) is 9.62. The zero-order chi connectivity index (χ0) is 21.5. The maximum Gasteiger partial charge on any atom is 0.313 e. The van der Waals surface area contributed by atoms with Crippen molar-refractivity contribution in [3.63, 3.8) is 0 Å². The first-order valence-corrected chi connectivity index (χ1v) is 10.0. The molecule has 1 saturated heterocycles. The highest BCUT2D eigenvalue weighted by molar-refractivity contribution is 6.40. The number of ether oxygens (including phenoxy) is 1. The lowest BCUT2D eigenvalue weighted by atomic mass is 10.2. The number of amides is 2. The summed E-state index contributed by atoms with van der Waals surface area (Å²) in [5.74, 6) is -1.22. The van der Waals surface area contributed by atoms with Crippen LogP contribution in [-0.4, -0.2) is 63.1 Å². The number of carbonyl (C=O) groups is 2. The molecular weight excluding hydrogens is 411 g/mol. The Bertz CT molecular complexity index is 904. The van der Waals surface area contributed by atoms with Crippen molar-refractivity contribution in [2.24, 2.45) is 0 Å². The van der Waals surface area contributed by atoms with Gasteiger partial charge in [-0.25, -0.2) is 4.39 Å². The first-order chi connectivity index (χ1) is 14.5. The molecule has 0 radical (unpaired) electrons. The van der Waals surface area contributed by atoms with Gasteiger partial charge in [-0.05, 0) is 30.3 Å². The summed E-state index contributed by atoms with van der Waals surface area (Å²) < 4.78 is 19.0. The van der Waals surface area contributed by atoms with E-state index in [1.165, 1.54) is 19.2 Å². The Kier molecular flexibility index (Phi) is 7.48. The summed E-state index contributed by atoms with van der Waals surface area (Å²) in [4.78, 5) is 28.2. The van der Waals surface area contributed by atoms with Gasteiger partial charge in [0.05, 0.1) is 17.8 Å². The number of nitrogens with one attached hydrogen (secondary N) is 2. The second kappa shape index (κ2) is 10.3. The lowest BCUT2D eigenvalue weighted by Gasteiger charge is -2.36. The van der Waals surface area contributed by atoms with Gasteiger partial charge in [-0.2, -0.15) is 0 Å². The van der Waals surface area contributed by atoms with E-state index in [2.05, 4.69) is 15.5 Å². The first kappa shape index (κ1) is 21.9. The van der Waals surface area contributed by atoms with E-state index in [-0.39, 0.29) is 5.82 Å². The third-order valence-electron chi connectivity index (χ3n) is 4.89. The molecule has 0 atom stereocenters. The summed E-state index contributed by atoms with van der Waals surface area (Å²) >= 11 is 6.01. The maximum absolute atomic E-state index is 13.9. The van der Waals surface area contributed by atoms with Crippen LogP contribution < -0.4 is 20.3 Å². The van der Waals surface area contributed by atoms with Crippen molar-refractivity contribution in [3.05, 3.63) is 53.3 Å². The molecule has 1 aliphatic heterocycles. The predicted molar refractivity (Wildman–Crippen MR) is 115 cm³/mol. The monoisotopic (exact) mass is 434 g/mol. The molecule has 1 aliphatic rings. The molecule has 2 aromatic rings. The molecule has 160 valence electrons. The predicted octanol–water partition coefficient (Wildman–Crippen LogP) is 2.36. The van der Waals surface area contributed by atoms with Gasteiger partial charge < -0.3 is 20.3 Å². The minimum atomic E-state index is -0.763. The van der Waals surface area contributed by atoms with Crippen LogP contribution in [0.25, 0.3) is 0 Å². The van der Waals surface area contributed by atoms with E-state index >= 15 is 0 Å². The molecule has 0 saturated carbocycles. The van der Waals surface area contributed by atoms with E-state index in [4.69, 9.17) is 16.3 Å². The molecule has 0 bridgehead atoms. The van der Waals surface area contributed by atoms with E-state index in [0.29, 0.717) is 48.3 Å². The molecule has 7 nitrogen and oxygen atoms in total. The van der Waals surface area contributed by atoms with Gasteiger partial charge in [0.2, 0.25) is 0 Å². The number of para-hydroxylation sites is 1. The Morgan fingerprint density at radius 1 is 1.10 bits per heavy atom. The number of methoxy groups -OCH3 is 1. The summed E-state index contributed by atoms with van der Waals surface area (Å²) in [6, 6.07) is 11.5. The fourth-order valence-electron chi connectivity index (χ4n) is 3.26. The van der Waals surface area contributed by atoms with Crippen molar-refractivity contribution in [3.8, 4) is 5.75 Å². The Labute approximate surface area is 179 Å². The average molecular weight is 435 g/mol. The van der Waals surface area contributed by atoms with Gasteiger partial charge in [0.1, 0.15) is 11.6 Å². The molecule has 2 amide bonds. The van der Waals surface area contributed by atoms with Crippen LogP contribution in [0, 0.1) is 5.82 Å². The number of hydrogen-bond donors (Lipinski definition) is 2. The maximum atomic E-state index is 13.9. The normalized spacial score (nSPS) is 14.3. The van der Waals surface area contributed by atoms with Gasteiger partial charge >= 0.3 is 11.8 Å². The molecule has 2 N–H and O–H groups in total. The van der Waals surface area contributed by atoms with Crippen molar-refractivity contribution in [1.29, 1.82) is 0 Å². The number of nitrogens with zero attached hydrogens (tertiary/aromatic N) is 2. The molecular formula is C21H24ClFN4O3. The van der Waals surface area contributed by atoms with Crippen molar-refractivity contribution < 1.29 is 18.7 Å². The Morgan fingerprint density at radius 2 is 1.83 bits per heavy atom. The van der Waals surface area contributed by atoms with Gasteiger partial charge in [0.15, 0.2) is 0 Å². The van der Waals surface area contributed by atoms with Crippen LogP contribution >= 0.6 is 11.6 Å². The quantitative estimate of drug-likeness (QED) is 0.683. The number of carbonyl (C=O) groups excluding carboxylic acids is 2. The molecule has 1 fully saturated rings. The summed E-state index contributed by atoms with van der Waals surface area (Å²) in [6.07, 6.45) is 0. The van der Waals surface area contributed by atoms with Crippen LogP contribution in [0.15, 0.2) is 42.5 Å². The van der Waals surface area contributed by atoms with Crippen molar-refractivity contribution >= 4 is 34.8 Å². The fourth-order valence-corrected chi connectivity index (χ4v) is 3.52. The van der Waals surface area contributed by atoms with Gasteiger partial charge in [-0.15, -0.1) is 0 Å². The average Bonchev–Trinajstić information content (AvgIpc) is 2.75. The molecule has 0 unspecified atom stereocenters. The molecule has 3 rings (SSSR count). The molecule has 2 aromatic carbocycles. The number of benzene rings is 2. The zero-order valence-electron chi connectivity index (χ0n) is 16.7. The van der Waals surface area contributed by atoms with Crippen LogP contribution in [0.1, 0.15) is 0 Å². The Balaban J connectivity index is 1.39. The minimum Gasteiger partial charge on any atom is -0.495 e. The molecule has 0 aromatic heterocycles. The van der Waals surface area contributed by atoms with E-state index in [1.54, 1.807) is 24.3 Å². The Morgan fingerprint density at radius 3 is 2.50 bits per heavy atom. The van der Waals surface area contributed by atoms with Crippen LogP contribution in [0.5, 0.6) is 5.75 Å². The van der Waals surface area contributed by atoms with Crippen molar-refractivity contribution in [1.82, 2.24) is 10.2 Å². The zero-order valence-corrected chi connectivity index (χ0v) is 17.4. The van der Waals surface area contributed by atoms with E-state index in [0.717, 1.165) is 13.1 Å². The van der Waals surface area contributed by atoms with Crippen LogP contribution in [0.3, 0.4) is 0 Å². The third kappa shape index (κ3) is 5.61. The van der Waals surface area contributed by atoms with Crippen LogP contribution in [0.4, 0.5) is 15.8 Å². The van der Waals surface area contributed by atoms with Crippen LogP contribution in [-0.2, 0) is 9.59 Å². The summed E-state index contributed by atoms with van der Waals surface area (Å²) in [6.45, 7) is 3.86. The van der Waals surface area contributed by atoms with Crippen molar-refractivity contribution in [2.45, 2.75) is 0 Å². The van der Waals surface area contributed by atoms with Gasteiger partial charge in [0.25, 0.3) is 0 Å². The second-order valence-corrected chi connectivity index (χ2v) is 7.25. The van der Waals surface area contributed by atoms with Gasteiger partial charge in [0, 0.05) is 45.0 Å². The summed E-state index contributed by atoms with van der Waals surface area (Å²) in [5.41, 5.74) is 1.02. The van der Waals surface area contributed by atoms with E-state index in [1.807, 2.05) is 11.0 Å². The van der Waals surface area contributed by atoms with Crippen molar-refractivity contribution in [2.75, 3.05) is 56.6 Å². The number of halogens is 2. The summed E-state index contributed by atoms with van der Waals surface area (Å²) in [7, 11) is 1.49. The lowest BCUT2D eigenvalue weighted by molar-refractivity contribution is -0.136. The molecule has 0 aliphatic carbocycles. The molecule has 30 heavy (non-hydrogen) atoms. The highest BCUT2D eigenvalue weighted by Gasteiger charge is 2.20. The number of anilines is 2. The topological polar surface area (TPSA) is 73.9 Å². The Hall–Kier alpha value is -2.84. The standard InChI is InChI=1S/C21H24ClFN4O3/c1-30-19-7-6-15(14-16(19)22)25-21(29)20(28)24-8-9-26-10-12-27(13-11-26)18-5-3-2-4-17(18)23/h2-7,14H,8-13H2,1H3,(H,24,28)(H,25,29). The lowest BCUT2D eigenvalue weighted by Crippen LogP contribution is -2.49. The smallest absolute Gasteiger partial charge is 0.313 e. The molecule has 9 heteroatoms. The summed E-state index contributed by atoms with van der Waals surface area (Å²) in [5, 5.41) is 5.46. The van der Waals surface area contributed by atoms with Gasteiger partial charge in [-0.3, -0.25) is 14.5 Å². The minimum absolute atomic E-state index is 0.220. The highest BCUT2D eigenvalue weighted by atomic mass is 35.5. The molecule has 0 spiro atoms. The molecule has 1 heterocycles. The fraction of sp³-hybridized carbons (Fsp3) is 0.333. The largest absolute Gasteiger partial charge is 0.495 e. The number of hydrogen-bond acceptors (Lipinski definition) is 5. The second-order valence-electron chi connectivity index (χ2n) is 6.84. The number of rotatable bonds is 6. The van der Waals surface area contributed by atoms with Gasteiger partial charge in [-0.1, -0.05) is 23.7 Å². The number of piperazine rings is 1. The SMILES string of the molecule is COc1ccc(NC(=O)C(=O)NCCN2CCN(c3ccccc3F)CC2)cc1Cl. The van der Waals surface area contributed by atoms with E-state index in [9.17, 15) is 14.0 Å². The highest BCUT2D eigenvalue weighted by Crippen LogP contribution is 2.27. The third-order valence-corrected chi connectivity index (χ3v) is 5.19.